The molecule has 0 heterocycles. The van der Waals surface area contributed by atoms with Gasteiger partial charge in [-0.2, -0.15) is 0 Å². The number of benzene rings is 2. The number of para-hydroxylation sites is 1. The van der Waals surface area contributed by atoms with E-state index < -0.39 is 0 Å². The number of guanidine groups is 1. The first-order valence-corrected chi connectivity index (χ1v) is 7.10. The third-order valence-corrected chi connectivity index (χ3v) is 2.83. The third kappa shape index (κ3) is 5.62. The highest BCUT2D eigenvalue weighted by molar-refractivity contribution is 5.97. The lowest BCUT2D eigenvalue weighted by Gasteiger charge is -2.09. The number of nitrogens with zero attached hydrogens (tertiary/aromatic N) is 2. The minimum atomic E-state index is -0.127. The molecule has 0 saturated carbocycles. The van der Waals surface area contributed by atoms with Gasteiger partial charge in [-0.15, -0.1) is 0 Å². The zero-order valence-corrected chi connectivity index (χ0v) is 13.1. The number of amides is 1. The number of carbonyl (C=O) groups excluding carboxylic acids is 1. The third-order valence-electron chi connectivity index (χ3n) is 2.83. The molecule has 0 fully saturated rings. The molecule has 0 radical (unpaired) electrons. The Bertz CT molecular complexity index is 748. The molecule has 0 aliphatic heterocycles. The smallest absolute Gasteiger partial charge is 0.221 e. The Morgan fingerprint density at radius 3 is 2.43 bits per heavy atom. The zero-order chi connectivity index (χ0) is 16.7. The quantitative estimate of drug-likeness (QED) is 0.595. The molecule has 0 bridgehead atoms. The number of carbonyl (C=O) groups is 1. The van der Waals surface area contributed by atoms with Crippen molar-refractivity contribution in [3.05, 3.63) is 54.1 Å². The van der Waals surface area contributed by atoms with Crippen LogP contribution in [0, 0.1) is 6.92 Å². The average Bonchev–Trinajstić information content (AvgIpc) is 2.46. The molecule has 2 aromatic rings. The molecule has 2 aromatic carbocycles. The second-order valence-electron chi connectivity index (χ2n) is 4.99. The Morgan fingerprint density at radius 2 is 1.78 bits per heavy atom. The van der Waals surface area contributed by atoms with E-state index >= 15 is 0 Å². The molecule has 0 aliphatic rings. The van der Waals surface area contributed by atoms with Gasteiger partial charge in [0, 0.05) is 21.2 Å². The number of rotatable bonds is 4. The number of nitrogens with one attached hydrogen (secondary N) is 2. The van der Waals surface area contributed by atoms with E-state index in [9.17, 15) is 4.79 Å². The van der Waals surface area contributed by atoms with Crippen LogP contribution in [0.4, 0.5) is 17.1 Å². The molecule has 1 amide bonds. The van der Waals surface area contributed by atoms with E-state index in [0.717, 1.165) is 16.9 Å². The zero-order valence-electron chi connectivity index (χ0n) is 13.1. The molecule has 2 rings (SSSR count). The maximum Gasteiger partial charge on any atom is 0.221 e. The van der Waals surface area contributed by atoms with Crippen LogP contribution in [-0.2, 0) is 4.79 Å². The Hall–Kier alpha value is -3.15. The predicted molar refractivity (Wildman–Crippen MR) is 99.5 cm³/mol. The molecule has 0 saturated heterocycles. The van der Waals surface area contributed by atoms with Gasteiger partial charge < -0.3 is 16.4 Å². The monoisotopic (exact) mass is 313 g/mol. The number of anilines is 2. The van der Waals surface area contributed by atoms with E-state index in [1.807, 2.05) is 49.4 Å². The average molecular weight is 313 g/mol. The summed E-state index contributed by atoms with van der Waals surface area (Å²) in [5.41, 5.74) is 9.06. The van der Waals surface area contributed by atoms with Gasteiger partial charge in [-0.25, -0.2) is 9.98 Å². The summed E-state index contributed by atoms with van der Waals surface area (Å²) in [4.78, 5) is 19.3. The van der Waals surface area contributed by atoms with Crippen molar-refractivity contribution in [2.24, 2.45) is 15.7 Å². The molecule has 0 spiro atoms. The van der Waals surface area contributed by atoms with Crippen molar-refractivity contribution in [1.29, 1.82) is 0 Å². The van der Waals surface area contributed by atoms with E-state index in [4.69, 9.17) is 5.73 Å². The van der Waals surface area contributed by atoms with E-state index in [1.165, 1.54) is 13.3 Å². The highest BCUT2D eigenvalue weighted by Gasteiger charge is 2.01. The van der Waals surface area contributed by atoms with Crippen LogP contribution >= 0.6 is 0 Å². The van der Waals surface area contributed by atoms with E-state index in [1.54, 1.807) is 6.07 Å². The Balaban J connectivity index is 0.00000288. The van der Waals surface area contributed by atoms with Gasteiger partial charge in [0.15, 0.2) is 5.96 Å². The molecule has 23 heavy (non-hydrogen) atoms. The summed E-state index contributed by atoms with van der Waals surface area (Å²) in [5.74, 6) is 0.0854. The van der Waals surface area contributed by atoms with Gasteiger partial charge in [-0.05, 0) is 42.8 Å². The van der Waals surface area contributed by atoms with Crippen molar-refractivity contribution >= 4 is 35.3 Å². The van der Waals surface area contributed by atoms with Crippen LogP contribution in [-0.4, -0.2) is 18.2 Å². The van der Waals surface area contributed by atoms with Crippen LogP contribution in [0.3, 0.4) is 0 Å². The summed E-state index contributed by atoms with van der Waals surface area (Å²) < 4.78 is 0. The molecular formula is C17H23N5O. The van der Waals surface area contributed by atoms with Gasteiger partial charge in [-0.3, -0.25) is 4.79 Å². The maximum absolute atomic E-state index is 11.1. The van der Waals surface area contributed by atoms with E-state index in [2.05, 4.69) is 20.6 Å². The fourth-order valence-electron chi connectivity index (χ4n) is 1.98. The molecule has 122 valence electrons. The molecule has 6 heteroatoms. The Labute approximate surface area is 138 Å². The molecule has 0 atom stereocenters. The summed E-state index contributed by atoms with van der Waals surface area (Å²) in [7, 11) is 0. The predicted octanol–water partition coefficient (Wildman–Crippen LogP) is 3.53. The van der Waals surface area contributed by atoms with Gasteiger partial charge >= 0.3 is 0 Å². The minimum absolute atomic E-state index is 0. The van der Waals surface area contributed by atoms with Gasteiger partial charge in [-0.1, -0.05) is 18.2 Å². The highest BCUT2D eigenvalue weighted by Crippen LogP contribution is 2.18. The first-order valence-electron chi connectivity index (χ1n) is 7.10. The van der Waals surface area contributed by atoms with E-state index in [-0.39, 0.29) is 14.7 Å². The summed E-state index contributed by atoms with van der Waals surface area (Å²) in [6.45, 7) is 3.39. The van der Waals surface area contributed by atoms with E-state index in [0.29, 0.717) is 5.69 Å². The summed E-state index contributed by atoms with van der Waals surface area (Å²) in [5, 5.41) is 5.71. The molecule has 0 unspecified atom stereocenters. The normalized spacial score (nSPS) is 11.5. The van der Waals surface area contributed by atoms with Crippen molar-refractivity contribution in [3.8, 4) is 0 Å². The minimum Gasteiger partial charge on any atom is -0.369 e. The van der Waals surface area contributed by atoms with Crippen molar-refractivity contribution in [3.63, 3.8) is 0 Å². The van der Waals surface area contributed by atoms with Crippen molar-refractivity contribution in [1.82, 2.24) is 0 Å². The standard InChI is InChI=1S/C17H19N5O.2H2/c1-12-8-15(21-13(2)23)10-16(9-12)22-17(18)20-11-19-14-6-4-3-5-7-14;;/h3-11H,1-2H3,(H,21,23)(H3,18,19,20,22);2*1H. The van der Waals surface area contributed by atoms with Crippen LogP contribution in [0.15, 0.2) is 58.5 Å². The van der Waals surface area contributed by atoms with Crippen LogP contribution in [0.2, 0.25) is 0 Å². The number of hydrogen-bond donors (Lipinski definition) is 3. The SMILES string of the molecule is CC(=O)Nc1cc(C)cc(NC(N)=NC=Nc2ccccc2)c1.[HH].[HH]. The fourth-order valence-corrected chi connectivity index (χ4v) is 1.98. The van der Waals surface area contributed by atoms with Crippen LogP contribution in [0.5, 0.6) is 0 Å². The largest absolute Gasteiger partial charge is 0.369 e. The molecule has 0 aliphatic carbocycles. The molecule has 4 N–H and O–H groups in total. The topological polar surface area (TPSA) is 91.9 Å². The number of hydrogen-bond acceptors (Lipinski definition) is 2. The van der Waals surface area contributed by atoms with Gasteiger partial charge in [0.1, 0.15) is 6.34 Å². The summed E-state index contributed by atoms with van der Waals surface area (Å²) in [6, 6.07) is 15.0. The Morgan fingerprint density at radius 1 is 1.13 bits per heavy atom. The summed E-state index contributed by atoms with van der Waals surface area (Å²) in [6.07, 6.45) is 1.39. The van der Waals surface area contributed by atoms with Crippen LogP contribution in [0.25, 0.3) is 0 Å². The first-order chi connectivity index (χ1) is 11.0. The van der Waals surface area contributed by atoms with Gasteiger partial charge in [0.05, 0.1) is 5.69 Å². The van der Waals surface area contributed by atoms with Crippen molar-refractivity contribution in [2.45, 2.75) is 13.8 Å². The second-order valence-corrected chi connectivity index (χ2v) is 4.99. The molecule has 6 nitrogen and oxygen atoms in total. The van der Waals surface area contributed by atoms with Gasteiger partial charge in [0.25, 0.3) is 0 Å². The number of aliphatic imine (C=N–C) groups is 2. The maximum atomic E-state index is 11.1. The first kappa shape index (κ1) is 16.2. The lowest BCUT2D eigenvalue weighted by molar-refractivity contribution is -0.114. The number of aryl methyl sites for hydroxylation is 1. The molecular weight excluding hydrogens is 290 g/mol. The van der Waals surface area contributed by atoms with Crippen LogP contribution < -0.4 is 16.4 Å². The Kier molecular flexibility index (Phi) is 5.46. The van der Waals surface area contributed by atoms with Crippen LogP contribution in [0.1, 0.15) is 15.3 Å². The lowest BCUT2D eigenvalue weighted by Crippen LogP contribution is -2.22. The second kappa shape index (κ2) is 7.74. The van der Waals surface area contributed by atoms with Gasteiger partial charge in [0.2, 0.25) is 5.91 Å². The molecule has 0 aromatic heterocycles. The fraction of sp³-hybridized carbons (Fsp3) is 0.118. The lowest BCUT2D eigenvalue weighted by atomic mass is 10.2. The number of nitrogens with two attached hydrogens (primary N) is 1. The van der Waals surface area contributed by atoms with Crippen molar-refractivity contribution < 1.29 is 7.65 Å². The van der Waals surface area contributed by atoms with Crippen molar-refractivity contribution in [2.75, 3.05) is 10.6 Å². The highest BCUT2D eigenvalue weighted by atomic mass is 16.1. The summed E-state index contributed by atoms with van der Waals surface area (Å²) >= 11 is 0.